The molecule has 0 N–H and O–H groups in total. The zero-order valence-electron chi connectivity index (χ0n) is 15.5. The van der Waals surface area contributed by atoms with Crippen LogP contribution in [0.15, 0.2) is 78.9 Å². The minimum atomic E-state index is 1.29. The fourth-order valence-electron chi connectivity index (χ4n) is 4.84. The van der Waals surface area contributed by atoms with Crippen LogP contribution in [0.5, 0.6) is 0 Å². The molecule has 27 heavy (non-hydrogen) atoms. The van der Waals surface area contributed by atoms with Crippen molar-refractivity contribution in [3.8, 4) is 11.1 Å². The van der Waals surface area contributed by atoms with Crippen molar-refractivity contribution in [2.45, 2.75) is 13.8 Å². The van der Waals surface area contributed by atoms with Gasteiger partial charge in [0, 0.05) is 21.5 Å². The van der Waals surface area contributed by atoms with Gasteiger partial charge in [-0.3, -0.25) is 0 Å². The van der Waals surface area contributed by atoms with Crippen LogP contribution in [0.3, 0.4) is 0 Å². The van der Waals surface area contributed by atoms with Crippen molar-refractivity contribution in [1.29, 1.82) is 0 Å². The molecule has 0 amide bonds. The predicted octanol–water partition coefficient (Wildman–Crippen LogP) is 7.12. The Kier molecular flexibility index (Phi) is 2.80. The van der Waals surface area contributed by atoms with Gasteiger partial charge in [0.05, 0.1) is 16.6 Å². The van der Waals surface area contributed by atoms with Crippen LogP contribution in [0.4, 0.5) is 0 Å². The lowest BCUT2D eigenvalue weighted by atomic mass is 9.92. The summed E-state index contributed by atoms with van der Waals surface area (Å²) >= 11 is 0. The van der Waals surface area contributed by atoms with Crippen molar-refractivity contribution in [2.24, 2.45) is 0 Å². The largest absolute Gasteiger partial charge is 0.308 e. The predicted molar refractivity (Wildman–Crippen MR) is 116 cm³/mol. The Hall–Kier alpha value is -3.32. The van der Waals surface area contributed by atoms with Crippen molar-refractivity contribution in [3.63, 3.8) is 0 Å². The van der Waals surface area contributed by atoms with Gasteiger partial charge < -0.3 is 4.40 Å². The number of para-hydroxylation sites is 2. The molecule has 0 radical (unpaired) electrons. The molecular formula is C26H19N. The van der Waals surface area contributed by atoms with Gasteiger partial charge in [-0.1, -0.05) is 60.7 Å². The van der Waals surface area contributed by atoms with Crippen molar-refractivity contribution in [2.75, 3.05) is 0 Å². The van der Waals surface area contributed by atoms with Crippen LogP contribution in [0, 0.1) is 13.8 Å². The topological polar surface area (TPSA) is 4.41 Å². The Bertz CT molecular complexity index is 1480. The first-order chi connectivity index (χ1) is 13.3. The molecule has 0 aliphatic rings. The van der Waals surface area contributed by atoms with E-state index in [2.05, 4.69) is 97.1 Å². The quantitative estimate of drug-likeness (QED) is 0.299. The third-order valence-electron chi connectivity index (χ3n) is 6.07. The van der Waals surface area contributed by atoms with Crippen molar-refractivity contribution >= 4 is 38.1 Å². The summed E-state index contributed by atoms with van der Waals surface area (Å²) in [4.78, 5) is 0. The lowest BCUT2D eigenvalue weighted by Crippen LogP contribution is -1.88. The zero-order valence-corrected chi connectivity index (χ0v) is 15.5. The first-order valence-electron chi connectivity index (χ1n) is 9.48. The number of hydrogen-bond acceptors (Lipinski definition) is 0. The maximum Gasteiger partial charge on any atom is 0.0623 e. The van der Waals surface area contributed by atoms with Crippen LogP contribution in [0.2, 0.25) is 0 Å². The van der Waals surface area contributed by atoms with E-state index in [1.807, 2.05) is 0 Å². The number of nitrogens with zero attached hydrogens (tertiary/aromatic N) is 1. The number of aromatic nitrogens is 1. The average molecular weight is 345 g/mol. The highest BCUT2D eigenvalue weighted by atomic mass is 14.9. The maximum atomic E-state index is 2.45. The highest BCUT2D eigenvalue weighted by molar-refractivity contribution is 6.25. The molecule has 1 heteroatoms. The molecule has 6 aromatic rings. The lowest BCUT2D eigenvalue weighted by molar-refractivity contribution is 1.37. The third kappa shape index (κ3) is 1.79. The number of aryl methyl sites for hydroxylation is 2. The Labute approximate surface area is 157 Å². The Morgan fingerprint density at radius 1 is 0.593 bits per heavy atom. The van der Waals surface area contributed by atoms with E-state index in [9.17, 15) is 0 Å². The van der Waals surface area contributed by atoms with E-state index in [0.29, 0.717) is 0 Å². The van der Waals surface area contributed by atoms with Crippen LogP contribution in [0.1, 0.15) is 11.1 Å². The lowest BCUT2D eigenvalue weighted by Gasteiger charge is -2.11. The molecule has 6 rings (SSSR count). The number of hydrogen-bond donors (Lipinski definition) is 0. The van der Waals surface area contributed by atoms with Gasteiger partial charge in [0.2, 0.25) is 0 Å². The molecule has 4 aromatic carbocycles. The van der Waals surface area contributed by atoms with Crippen molar-refractivity contribution in [3.05, 3.63) is 90.0 Å². The monoisotopic (exact) mass is 345 g/mol. The summed E-state index contributed by atoms with van der Waals surface area (Å²) in [6.45, 7) is 4.48. The summed E-state index contributed by atoms with van der Waals surface area (Å²) in [5.74, 6) is 0. The summed E-state index contributed by atoms with van der Waals surface area (Å²) in [6.07, 6.45) is 0. The van der Waals surface area contributed by atoms with Crippen molar-refractivity contribution < 1.29 is 0 Å². The van der Waals surface area contributed by atoms with Crippen LogP contribution in [-0.4, -0.2) is 4.40 Å². The molecule has 2 aromatic heterocycles. The van der Waals surface area contributed by atoms with Crippen LogP contribution >= 0.6 is 0 Å². The standard InChI is InChI=1S/C26H19N/c1-16-9-3-4-10-18(16)21-15-22-19-11-5-7-13-23(19)27-24-14-8-6-12-20(24)25(17(21)2)26(22)27/h3-15H,1-2H3. The molecule has 0 spiro atoms. The van der Waals surface area contributed by atoms with Crippen molar-refractivity contribution in [1.82, 2.24) is 4.40 Å². The second kappa shape index (κ2) is 5.11. The molecule has 0 saturated carbocycles. The Balaban J connectivity index is 1.95. The molecule has 0 fully saturated rings. The summed E-state index contributed by atoms with van der Waals surface area (Å²) in [6, 6.07) is 28.7. The van der Waals surface area contributed by atoms with Gasteiger partial charge >= 0.3 is 0 Å². The van der Waals surface area contributed by atoms with E-state index in [1.54, 1.807) is 0 Å². The van der Waals surface area contributed by atoms with Gasteiger partial charge in [0.15, 0.2) is 0 Å². The molecule has 128 valence electrons. The van der Waals surface area contributed by atoms with Gasteiger partial charge in [-0.2, -0.15) is 0 Å². The first kappa shape index (κ1) is 14.8. The average Bonchev–Trinajstić information content (AvgIpc) is 3.21. The number of fused-ring (bicyclic) bond motifs is 6. The summed E-state index contributed by atoms with van der Waals surface area (Å²) in [7, 11) is 0. The normalized spacial score (nSPS) is 12.1. The fourth-order valence-corrected chi connectivity index (χ4v) is 4.84. The molecule has 1 nitrogen and oxygen atoms in total. The summed E-state index contributed by atoms with van der Waals surface area (Å²) in [5, 5.41) is 5.41. The van der Waals surface area contributed by atoms with Crippen LogP contribution in [-0.2, 0) is 0 Å². The molecule has 0 aliphatic carbocycles. The van der Waals surface area contributed by atoms with E-state index < -0.39 is 0 Å². The smallest absolute Gasteiger partial charge is 0.0623 e. The molecule has 0 atom stereocenters. The van der Waals surface area contributed by atoms with E-state index in [4.69, 9.17) is 0 Å². The molecule has 0 aliphatic heterocycles. The van der Waals surface area contributed by atoms with Gasteiger partial charge in [-0.05, 0) is 54.3 Å². The minimum Gasteiger partial charge on any atom is -0.308 e. The molecule has 0 saturated heterocycles. The van der Waals surface area contributed by atoms with E-state index in [0.717, 1.165) is 0 Å². The molecule has 0 bridgehead atoms. The maximum absolute atomic E-state index is 2.45. The van der Waals surface area contributed by atoms with Crippen LogP contribution in [0.25, 0.3) is 49.2 Å². The second-order valence-electron chi connectivity index (χ2n) is 7.50. The second-order valence-corrected chi connectivity index (χ2v) is 7.50. The highest BCUT2D eigenvalue weighted by Crippen LogP contribution is 2.44. The summed E-state index contributed by atoms with van der Waals surface area (Å²) < 4.78 is 2.45. The highest BCUT2D eigenvalue weighted by Gasteiger charge is 2.21. The van der Waals surface area contributed by atoms with Crippen LogP contribution < -0.4 is 0 Å². The Morgan fingerprint density at radius 2 is 1.22 bits per heavy atom. The third-order valence-corrected chi connectivity index (χ3v) is 6.07. The first-order valence-corrected chi connectivity index (χ1v) is 9.48. The Morgan fingerprint density at radius 3 is 2.00 bits per heavy atom. The molecular weight excluding hydrogens is 326 g/mol. The van der Waals surface area contributed by atoms with Gasteiger partial charge in [0.1, 0.15) is 0 Å². The number of benzene rings is 4. The SMILES string of the molecule is Cc1ccccc1-c1cc2c3ccccc3n3c4ccccc4c(c1C)c23. The number of rotatable bonds is 1. The van der Waals surface area contributed by atoms with Gasteiger partial charge in [-0.25, -0.2) is 0 Å². The van der Waals surface area contributed by atoms with E-state index in [-0.39, 0.29) is 0 Å². The fraction of sp³-hybridized carbons (Fsp3) is 0.0769. The zero-order chi connectivity index (χ0) is 18.1. The molecule has 0 unspecified atom stereocenters. The minimum absolute atomic E-state index is 1.29. The van der Waals surface area contributed by atoms with E-state index in [1.165, 1.54) is 60.3 Å². The summed E-state index contributed by atoms with van der Waals surface area (Å²) in [5.41, 5.74) is 9.30. The van der Waals surface area contributed by atoms with E-state index >= 15 is 0 Å². The van der Waals surface area contributed by atoms with Gasteiger partial charge in [0.25, 0.3) is 0 Å². The molecule has 2 heterocycles. The van der Waals surface area contributed by atoms with Gasteiger partial charge in [-0.15, -0.1) is 0 Å².